The van der Waals surface area contributed by atoms with Gasteiger partial charge in [0.05, 0.1) is 16.7 Å². The minimum absolute atomic E-state index is 0.107. The van der Waals surface area contributed by atoms with Crippen molar-refractivity contribution in [2.45, 2.75) is 19.4 Å². The molecule has 2 amide bonds. The van der Waals surface area contributed by atoms with Gasteiger partial charge in [0, 0.05) is 18.7 Å². The Morgan fingerprint density at radius 1 is 1.15 bits per heavy atom. The van der Waals surface area contributed by atoms with Crippen molar-refractivity contribution in [3.05, 3.63) is 69.8 Å². The normalized spacial score (nSPS) is 11.5. The molecule has 0 fully saturated rings. The molecule has 0 saturated heterocycles. The van der Waals surface area contributed by atoms with E-state index in [0.29, 0.717) is 5.56 Å². The van der Waals surface area contributed by atoms with Crippen LogP contribution < -0.4 is 10.6 Å². The molecular weight excluding hydrogens is 338 g/mol. The highest BCUT2D eigenvalue weighted by Gasteiger charge is 2.17. The summed E-state index contributed by atoms with van der Waals surface area (Å²) in [6.45, 7) is 1.77. The third-order valence-corrected chi connectivity index (χ3v) is 3.77. The van der Waals surface area contributed by atoms with E-state index < -0.39 is 22.8 Å². The molecule has 0 aliphatic rings. The lowest BCUT2D eigenvalue weighted by Gasteiger charge is -2.12. The van der Waals surface area contributed by atoms with Crippen LogP contribution in [0.5, 0.6) is 0 Å². The Balaban J connectivity index is 1.87. The molecule has 1 atom stereocenters. The number of hydrogen-bond donors (Lipinski definition) is 3. The van der Waals surface area contributed by atoms with Crippen LogP contribution in [0.2, 0.25) is 0 Å². The van der Waals surface area contributed by atoms with Crippen molar-refractivity contribution >= 4 is 23.2 Å². The molecule has 0 spiro atoms. The second-order valence-corrected chi connectivity index (χ2v) is 5.68. The second-order valence-electron chi connectivity index (χ2n) is 5.68. The van der Waals surface area contributed by atoms with Crippen LogP contribution in [0, 0.1) is 17.0 Å². The fourth-order valence-electron chi connectivity index (χ4n) is 2.28. The van der Waals surface area contributed by atoms with Crippen molar-refractivity contribution in [3.8, 4) is 0 Å². The minimum Gasteiger partial charge on any atom is -0.388 e. The van der Waals surface area contributed by atoms with Gasteiger partial charge in [-0.1, -0.05) is 36.4 Å². The number of rotatable bonds is 6. The Bertz CT molecular complexity index is 808. The van der Waals surface area contributed by atoms with E-state index in [1.807, 2.05) is 6.07 Å². The van der Waals surface area contributed by atoms with Crippen LogP contribution in [0.1, 0.15) is 23.7 Å². The summed E-state index contributed by atoms with van der Waals surface area (Å²) in [5, 5.41) is 25.6. The van der Waals surface area contributed by atoms with E-state index in [1.165, 1.54) is 18.2 Å². The molecule has 2 aromatic rings. The second kappa shape index (κ2) is 8.72. The largest absolute Gasteiger partial charge is 0.388 e. The number of non-ortho nitro benzene ring substituents is 1. The summed E-state index contributed by atoms with van der Waals surface area (Å²) in [7, 11) is 0. The Kier molecular flexibility index (Phi) is 6.40. The topological polar surface area (TPSA) is 122 Å². The third-order valence-electron chi connectivity index (χ3n) is 3.77. The number of nitrogens with zero attached hydrogens (tertiary/aromatic N) is 1. The van der Waals surface area contributed by atoms with Crippen LogP contribution in [0.3, 0.4) is 0 Å². The number of nitrogens with one attached hydrogen (secondary N) is 2. The summed E-state index contributed by atoms with van der Waals surface area (Å²) >= 11 is 0. The van der Waals surface area contributed by atoms with E-state index in [1.54, 1.807) is 31.2 Å². The van der Waals surface area contributed by atoms with Gasteiger partial charge in [-0.05, 0) is 24.5 Å². The maximum Gasteiger partial charge on any atom is 0.313 e. The standard InChI is InChI=1S/C18H19N3O5/c1-12-7-8-14(21(25)26)11-15(12)20-18(24)17(23)19-10-9-16(22)13-5-3-2-4-6-13/h2-8,11,16,22H,9-10H2,1H3,(H,19,23)(H,20,24). The average molecular weight is 357 g/mol. The van der Waals surface area contributed by atoms with Gasteiger partial charge < -0.3 is 15.7 Å². The molecule has 8 heteroatoms. The first-order chi connectivity index (χ1) is 12.4. The maximum atomic E-state index is 11.9. The van der Waals surface area contributed by atoms with E-state index in [2.05, 4.69) is 10.6 Å². The van der Waals surface area contributed by atoms with Crippen LogP contribution in [-0.2, 0) is 9.59 Å². The van der Waals surface area contributed by atoms with Gasteiger partial charge in [0.25, 0.3) is 5.69 Å². The molecule has 0 aliphatic carbocycles. The smallest absolute Gasteiger partial charge is 0.313 e. The summed E-state index contributed by atoms with van der Waals surface area (Å²) in [4.78, 5) is 34.0. The fourth-order valence-corrected chi connectivity index (χ4v) is 2.28. The fraction of sp³-hybridized carbons (Fsp3) is 0.222. The van der Waals surface area contributed by atoms with Crippen LogP contribution >= 0.6 is 0 Å². The highest BCUT2D eigenvalue weighted by atomic mass is 16.6. The van der Waals surface area contributed by atoms with Crippen molar-refractivity contribution in [2.75, 3.05) is 11.9 Å². The molecule has 1 unspecified atom stereocenters. The minimum atomic E-state index is -0.928. The lowest BCUT2D eigenvalue weighted by Crippen LogP contribution is -2.36. The number of hydrogen-bond acceptors (Lipinski definition) is 5. The zero-order chi connectivity index (χ0) is 19.1. The Hall–Kier alpha value is -3.26. The number of aliphatic hydroxyl groups excluding tert-OH is 1. The van der Waals surface area contributed by atoms with Gasteiger partial charge in [-0.3, -0.25) is 19.7 Å². The first-order valence-electron chi connectivity index (χ1n) is 7.95. The van der Waals surface area contributed by atoms with E-state index in [0.717, 1.165) is 5.56 Å². The van der Waals surface area contributed by atoms with E-state index in [4.69, 9.17) is 0 Å². The van der Waals surface area contributed by atoms with Crippen LogP contribution in [0.25, 0.3) is 0 Å². The Labute approximate surface area is 150 Å². The monoisotopic (exact) mass is 357 g/mol. The highest BCUT2D eigenvalue weighted by molar-refractivity contribution is 6.39. The summed E-state index contributed by atoms with van der Waals surface area (Å²) in [6, 6.07) is 13.0. The van der Waals surface area contributed by atoms with Crippen molar-refractivity contribution < 1.29 is 19.6 Å². The zero-order valence-electron chi connectivity index (χ0n) is 14.1. The molecule has 136 valence electrons. The van der Waals surface area contributed by atoms with Gasteiger partial charge in [-0.25, -0.2) is 0 Å². The molecule has 0 radical (unpaired) electrons. The number of carbonyl (C=O) groups is 2. The Morgan fingerprint density at radius 2 is 1.85 bits per heavy atom. The number of benzene rings is 2. The lowest BCUT2D eigenvalue weighted by molar-refractivity contribution is -0.384. The summed E-state index contributed by atoms with van der Waals surface area (Å²) in [6.07, 6.45) is -0.502. The third kappa shape index (κ3) is 5.12. The van der Waals surface area contributed by atoms with Crippen molar-refractivity contribution in [2.24, 2.45) is 0 Å². The first-order valence-corrected chi connectivity index (χ1v) is 7.95. The summed E-state index contributed by atoms with van der Waals surface area (Å²) in [5.41, 5.74) is 1.33. The number of aliphatic hydroxyl groups is 1. The number of aryl methyl sites for hydroxylation is 1. The molecule has 0 heterocycles. The predicted octanol–water partition coefficient (Wildman–Crippen LogP) is 2.08. The van der Waals surface area contributed by atoms with Gasteiger partial charge in [0.15, 0.2) is 0 Å². The number of carbonyl (C=O) groups excluding carboxylic acids is 2. The molecule has 3 N–H and O–H groups in total. The van der Waals surface area contributed by atoms with Crippen LogP contribution in [0.4, 0.5) is 11.4 Å². The van der Waals surface area contributed by atoms with Crippen molar-refractivity contribution in [3.63, 3.8) is 0 Å². The molecule has 2 aromatic carbocycles. The molecule has 0 bridgehead atoms. The van der Waals surface area contributed by atoms with Gasteiger partial charge in [-0.15, -0.1) is 0 Å². The van der Waals surface area contributed by atoms with Gasteiger partial charge >= 0.3 is 11.8 Å². The Morgan fingerprint density at radius 3 is 2.50 bits per heavy atom. The molecule has 0 saturated carbocycles. The average Bonchev–Trinajstić information content (AvgIpc) is 2.63. The highest BCUT2D eigenvalue weighted by Crippen LogP contribution is 2.21. The SMILES string of the molecule is Cc1ccc([N+](=O)[O-])cc1NC(=O)C(=O)NCCC(O)c1ccccc1. The van der Waals surface area contributed by atoms with Crippen LogP contribution in [0.15, 0.2) is 48.5 Å². The number of nitro benzene ring substituents is 1. The van der Waals surface area contributed by atoms with Crippen molar-refractivity contribution in [1.82, 2.24) is 5.32 Å². The molecular formula is C18H19N3O5. The van der Waals surface area contributed by atoms with E-state index >= 15 is 0 Å². The molecule has 8 nitrogen and oxygen atoms in total. The van der Waals surface area contributed by atoms with Gasteiger partial charge in [-0.2, -0.15) is 0 Å². The van der Waals surface area contributed by atoms with Gasteiger partial charge in [0.2, 0.25) is 0 Å². The molecule has 0 aliphatic heterocycles. The lowest BCUT2D eigenvalue weighted by atomic mass is 10.1. The molecule has 2 rings (SSSR count). The van der Waals surface area contributed by atoms with Gasteiger partial charge in [0.1, 0.15) is 0 Å². The maximum absolute atomic E-state index is 11.9. The number of nitro groups is 1. The van der Waals surface area contributed by atoms with E-state index in [9.17, 15) is 24.8 Å². The molecule has 0 aromatic heterocycles. The molecule has 26 heavy (non-hydrogen) atoms. The zero-order valence-corrected chi connectivity index (χ0v) is 14.1. The van der Waals surface area contributed by atoms with Crippen LogP contribution in [-0.4, -0.2) is 28.4 Å². The summed E-state index contributed by atoms with van der Waals surface area (Å²) in [5.74, 6) is -1.81. The van der Waals surface area contributed by atoms with E-state index in [-0.39, 0.29) is 24.3 Å². The summed E-state index contributed by atoms with van der Waals surface area (Å²) < 4.78 is 0. The van der Waals surface area contributed by atoms with Crippen molar-refractivity contribution in [1.29, 1.82) is 0 Å². The quantitative estimate of drug-likeness (QED) is 0.415. The number of anilines is 1. The first kappa shape index (κ1) is 19.1. The predicted molar refractivity (Wildman–Crippen MR) is 95.5 cm³/mol. The number of amides is 2.